The molecule has 1 heterocycles. The predicted molar refractivity (Wildman–Crippen MR) is 101 cm³/mol. The van der Waals surface area contributed by atoms with Gasteiger partial charge in [0.1, 0.15) is 5.82 Å². The zero-order valence-corrected chi connectivity index (χ0v) is 15.4. The number of ether oxygens (including phenoxy) is 1. The summed E-state index contributed by atoms with van der Waals surface area (Å²) in [4.78, 5) is 24.6. The fourth-order valence-corrected chi connectivity index (χ4v) is 3.03. The number of halogens is 1. The third-order valence-electron chi connectivity index (χ3n) is 4.38. The van der Waals surface area contributed by atoms with Crippen LogP contribution in [0.4, 0.5) is 4.39 Å². The monoisotopic (exact) mass is 376 g/mol. The first-order valence-electron chi connectivity index (χ1n) is 8.56. The van der Waals surface area contributed by atoms with Crippen molar-refractivity contribution in [2.45, 2.75) is 13.8 Å². The highest BCUT2D eigenvalue weighted by atomic mass is 19.1. The molecule has 3 aromatic rings. The Kier molecular flexibility index (Phi) is 5.37. The Labute approximate surface area is 161 Å². The second-order valence-corrected chi connectivity index (χ2v) is 6.29. The lowest BCUT2D eigenvalue weighted by Crippen LogP contribution is -2.15. The van der Waals surface area contributed by atoms with Crippen LogP contribution in [-0.4, -0.2) is 22.9 Å². The highest BCUT2D eigenvalue weighted by Crippen LogP contribution is 2.22. The van der Waals surface area contributed by atoms with E-state index in [0.29, 0.717) is 22.5 Å². The van der Waals surface area contributed by atoms with Crippen molar-refractivity contribution in [1.82, 2.24) is 4.57 Å². The molecule has 0 bridgehead atoms. The number of nitriles is 1. The van der Waals surface area contributed by atoms with Crippen molar-refractivity contribution in [1.29, 1.82) is 5.26 Å². The Morgan fingerprint density at radius 3 is 2.46 bits per heavy atom. The Balaban J connectivity index is 1.75. The van der Waals surface area contributed by atoms with Gasteiger partial charge in [-0.3, -0.25) is 4.79 Å². The maximum absolute atomic E-state index is 13.5. The number of hydrogen-bond acceptors (Lipinski definition) is 4. The van der Waals surface area contributed by atoms with Crippen molar-refractivity contribution < 1.29 is 18.7 Å². The lowest BCUT2D eigenvalue weighted by molar-refractivity contribution is 0.0474. The van der Waals surface area contributed by atoms with Gasteiger partial charge in [-0.15, -0.1) is 0 Å². The summed E-state index contributed by atoms with van der Waals surface area (Å²) in [6.07, 6.45) is 0. The van der Waals surface area contributed by atoms with Gasteiger partial charge in [0, 0.05) is 22.6 Å². The van der Waals surface area contributed by atoms with Crippen LogP contribution in [0.3, 0.4) is 0 Å². The molecule has 1 aromatic heterocycles. The van der Waals surface area contributed by atoms with Gasteiger partial charge in [0.25, 0.3) is 0 Å². The maximum Gasteiger partial charge on any atom is 0.338 e. The first kappa shape index (κ1) is 19.1. The number of ketones is 1. The Bertz CT molecular complexity index is 1090. The number of aryl methyl sites for hydroxylation is 1. The molecule has 28 heavy (non-hydrogen) atoms. The van der Waals surface area contributed by atoms with Crippen LogP contribution < -0.4 is 0 Å². The predicted octanol–water partition coefficient (Wildman–Crippen LogP) is 4.14. The van der Waals surface area contributed by atoms with E-state index in [9.17, 15) is 14.0 Å². The fourth-order valence-electron chi connectivity index (χ4n) is 3.03. The van der Waals surface area contributed by atoms with Gasteiger partial charge in [0.15, 0.2) is 6.61 Å². The number of carbonyl (C=O) groups is 2. The van der Waals surface area contributed by atoms with Crippen molar-refractivity contribution in [2.24, 2.45) is 0 Å². The number of Topliss-reactive ketones (excluding diaryl/α,β-unsaturated/α-hetero) is 1. The quantitative estimate of drug-likeness (QED) is 0.495. The van der Waals surface area contributed by atoms with Gasteiger partial charge in [0.2, 0.25) is 5.78 Å². The number of carbonyl (C=O) groups excluding carboxylic acids is 2. The summed E-state index contributed by atoms with van der Waals surface area (Å²) in [7, 11) is 0. The number of benzene rings is 2. The zero-order valence-electron chi connectivity index (χ0n) is 15.4. The lowest BCUT2D eigenvalue weighted by Gasteiger charge is -2.10. The second-order valence-electron chi connectivity index (χ2n) is 6.29. The first-order chi connectivity index (χ1) is 13.4. The highest BCUT2D eigenvalue weighted by molar-refractivity contribution is 6.00. The second kappa shape index (κ2) is 7.89. The molecule has 140 valence electrons. The Hall–Kier alpha value is -3.72. The summed E-state index contributed by atoms with van der Waals surface area (Å²) in [5, 5.41) is 8.78. The molecule has 0 atom stereocenters. The number of rotatable bonds is 5. The summed E-state index contributed by atoms with van der Waals surface area (Å²) in [6, 6.07) is 15.7. The van der Waals surface area contributed by atoms with E-state index < -0.39 is 12.6 Å². The van der Waals surface area contributed by atoms with Crippen LogP contribution in [0.25, 0.3) is 5.69 Å². The third kappa shape index (κ3) is 3.84. The van der Waals surface area contributed by atoms with Gasteiger partial charge < -0.3 is 9.30 Å². The largest absolute Gasteiger partial charge is 0.454 e. The molecule has 5 nitrogen and oxygen atoms in total. The molecule has 0 unspecified atom stereocenters. The van der Waals surface area contributed by atoms with Crippen LogP contribution >= 0.6 is 0 Å². The molecule has 0 spiro atoms. The van der Waals surface area contributed by atoms with Crippen molar-refractivity contribution in [2.75, 3.05) is 6.61 Å². The van der Waals surface area contributed by atoms with E-state index in [2.05, 4.69) is 0 Å². The summed E-state index contributed by atoms with van der Waals surface area (Å²) >= 11 is 0. The molecule has 0 N–H and O–H groups in total. The van der Waals surface area contributed by atoms with Gasteiger partial charge in [-0.05, 0) is 62.4 Å². The molecule has 0 aliphatic heterocycles. The van der Waals surface area contributed by atoms with Crippen LogP contribution in [0.2, 0.25) is 0 Å². The van der Waals surface area contributed by atoms with Crippen LogP contribution in [0.15, 0.2) is 54.6 Å². The van der Waals surface area contributed by atoms with E-state index in [4.69, 9.17) is 10.00 Å². The summed E-state index contributed by atoms with van der Waals surface area (Å²) in [5.74, 6) is -1.36. The Morgan fingerprint density at radius 2 is 1.82 bits per heavy atom. The van der Waals surface area contributed by atoms with Crippen LogP contribution in [0, 0.1) is 31.0 Å². The van der Waals surface area contributed by atoms with Gasteiger partial charge in [-0.25, -0.2) is 9.18 Å². The van der Waals surface area contributed by atoms with E-state index in [1.54, 1.807) is 29.7 Å². The average molecular weight is 376 g/mol. The molecule has 0 fully saturated rings. The Morgan fingerprint density at radius 1 is 1.11 bits per heavy atom. The van der Waals surface area contributed by atoms with Gasteiger partial charge in [-0.2, -0.15) is 5.26 Å². The van der Waals surface area contributed by atoms with Crippen LogP contribution in [0.1, 0.15) is 37.7 Å². The van der Waals surface area contributed by atoms with Crippen molar-refractivity contribution in [3.8, 4) is 11.8 Å². The summed E-state index contributed by atoms with van der Waals surface area (Å²) in [6.45, 7) is 3.16. The van der Waals surface area contributed by atoms with E-state index in [1.165, 1.54) is 36.4 Å². The molecular weight excluding hydrogens is 359 g/mol. The lowest BCUT2D eigenvalue weighted by atomic mass is 10.1. The topological polar surface area (TPSA) is 72.1 Å². The fraction of sp³-hybridized carbons (Fsp3) is 0.136. The average Bonchev–Trinajstić information content (AvgIpc) is 3.00. The molecule has 0 amide bonds. The van der Waals surface area contributed by atoms with Crippen LogP contribution in [0.5, 0.6) is 0 Å². The standard InChI is InChI=1S/C22H17FN2O3/c1-14-10-20(15(2)25(14)19-5-3-4-18(23)11-19)21(26)13-28-22(27)17-8-6-16(12-24)7-9-17/h3-11H,13H2,1-2H3. The highest BCUT2D eigenvalue weighted by Gasteiger charge is 2.19. The number of aromatic nitrogens is 1. The molecule has 0 saturated carbocycles. The van der Waals surface area contributed by atoms with Crippen molar-refractivity contribution >= 4 is 11.8 Å². The van der Waals surface area contributed by atoms with E-state index >= 15 is 0 Å². The molecule has 6 heteroatoms. The normalized spacial score (nSPS) is 10.4. The van der Waals surface area contributed by atoms with Crippen molar-refractivity contribution in [3.05, 3.63) is 88.5 Å². The van der Waals surface area contributed by atoms with Gasteiger partial charge >= 0.3 is 5.97 Å². The SMILES string of the molecule is Cc1cc(C(=O)COC(=O)c2ccc(C#N)cc2)c(C)n1-c1cccc(F)c1. The first-order valence-corrected chi connectivity index (χ1v) is 8.56. The van der Waals surface area contributed by atoms with Crippen molar-refractivity contribution in [3.63, 3.8) is 0 Å². The van der Waals surface area contributed by atoms with E-state index in [-0.39, 0.29) is 17.2 Å². The number of nitrogens with zero attached hydrogens (tertiary/aromatic N) is 2. The number of esters is 1. The van der Waals surface area contributed by atoms with E-state index in [0.717, 1.165) is 5.69 Å². The van der Waals surface area contributed by atoms with Gasteiger partial charge in [-0.1, -0.05) is 6.07 Å². The minimum Gasteiger partial charge on any atom is -0.454 e. The zero-order chi connectivity index (χ0) is 20.3. The molecule has 0 aliphatic carbocycles. The molecule has 2 aromatic carbocycles. The van der Waals surface area contributed by atoms with E-state index in [1.807, 2.05) is 13.0 Å². The molecular formula is C22H17FN2O3. The minimum atomic E-state index is -0.642. The molecule has 0 radical (unpaired) electrons. The maximum atomic E-state index is 13.5. The summed E-state index contributed by atoms with van der Waals surface area (Å²) in [5.41, 5.74) is 3.12. The summed E-state index contributed by atoms with van der Waals surface area (Å²) < 4.78 is 20.4. The molecule has 0 aliphatic rings. The molecule has 0 saturated heterocycles. The smallest absolute Gasteiger partial charge is 0.338 e. The third-order valence-corrected chi connectivity index (χ3v) is 4.38. The molecule has 3 rings (SSSR count). The van der Waals surface area contributed by atoms with Crippen LogP contribution in [-0.2, 0) is 4.74 Å². The minimum absolute atomic E-state index is 0.261. The van der Waals surface area contributed by atoms with Gasteiger partial charge in [0.05, 0.1) is 17.2 Å². The number of hydrogen-bond donors (Lipinski definition) is 0.